The molecule has 2 rings (SSSR count). The lowest BCUT2D eigenvalue weighted by Gasteiger charge is -2.04. The largest absolute Gasteiger partial charge is 0.382 e. The van der Waals surface area contributed by atoms with Gasteiger partial charge in [0.05, 0.1) is 13.2 Å². The molecule has 0 aliphatic carbocycles. The van der Waals surface area contributed by atoms with Gasteiger partial charge in [0.1, 0.15) is 10.7 Å². The average Bonchev–Trinajstić information content (AvgIpc) is 3.04. The van der Waals surface area contributed by atoms with Gasteiger partial charge in [-0.25, -0.2) is 4.98 Å². The first-order valence-electron chi connectivity index (χ1n) is 7.58. The lowest BCUT2D eigenvalue weighted by molar-refractivity contribution is 0.0688. The van der Waals surface area contributed by atoms with Crippen LogP contribution in [0.4, 0.5) is 0 Å². The molecular formula is C17H22N2O3S. The van der Waals surface area contributed by atoms with Crippen LogP contribution in [0.3, 0.4) is 0 Å². The second-order valence-corrected chi connectivity index (χ2v) is 5.98. The second kappa shape index (κ2) is 9.39. The molecule has 0 unspecified atom stereocenters. The summed E-state index contributed by atoms with van der Waals surface area (Å²) in [5, 5.41) is 5.51. The number of nitrogens with zero attached hydrogens (tertiary/aromatic N) is 1. The van der Waals surface area contributed by atoms with Crippen LogP contribution in [-0.4, -0.2) is 44.4 Å². The molecule has 0 fully saturated rings. The molecule has 6 heteroatoms. The number of carbonyl (C=O) groups excluding carboxylic acids is 1. The number of thiazole rings is 1. The van der Waals surface area contributed by atoms with E-state index in [1.807, 2.05) is 31.2 Å². The summed E-state index contributed by atoms with van der Waals surface area (Å²) in [6, 6.07) is 8.13. The van der Waals surface area contributed by atoms with Crippen LogP contribution in [0.5, 0.6) is 0 Å². The number of methoxy groups -OCH3 is 1. The average molecular weight is 334 g/mol. The Labute approximate surface area is 140 Å². The van der Waals surface area contributed by atoms with Crippen LogP contribution < -0.4 is 5.32 Å². The highest BCUT2D eigenvalue weighted by Gasteiger charge is 2.11. The van der Waals surface area contributed by atoms with Gasteiger partial charge in [-0.3, -0.25) is 4.79 Å². The summed E-state index contributed by atoms with van der Waals surface area (Å²) in [4.78, 5) is 16.5. The van der Waals surface area contributed by atoms with Crippen molar-refractivity contribution in [3.8, 4) is 10.6 Å². The Hall–Kier alpha value is -1.76. The Balaban J connectivity index is 1.76. The van der Waals surface area contributed by atoms with Crippen LogP contribution in [0.25, 0.3) is 10.6 Å². The zero-order chi connectivity index (χ0) is 16.5. The topological polar surface area (TPSA) is 60.5 Å². The van der Waals surface area contributed by atoms with Gasteiger partial charge in [0.2, 0.25) is 0 Å². The van der Waals surface area contributed by atoms with E-state index < -0.39 is 0 Å². The van der Waals surface area contributed by atoms with Crippen LogP contribution in [-0.2, 0) is 9.47 Å². The van der Waals surface area contributed by atoms with Gasteiger partial charge in [0.25, 0.3) is 5.91 Å². The number of hydrogen-bond donors (Lipinski definition) is 1. The van der Waals surface area contributed by atoms with Crippen molar-refractivity contribution >= 4 is 17.2 Å². The van der Waals surface area contributed by atoms with E-state index >= 15 is 0 Å². The molecule has 0 aliphatic rings. The maximum atomic E-state index is 12.1. The number of carbonyl (C=O) groups is 1. The molecule has 2 aromatic rings. The molecule has 1 N–H and O–H groups in total. The van der Waals surface area contributed by atoms with Gasteiger partial charge in [-0.1, -0.05) is 29.8 Å². The Morgan fingerprint density at radius 3 is 2.74 bits per heavy atom. The Kier molecular flexibility index (Phi) is 7.19. The normalized spacial score (nSPS) is 10.7. The molecule has 0 radical (unpaired) electrons. The smallest absolute Gasteiger partial charge is 0.270 e. The Bertz CT molecular complexity index is 611. The quantitative estimate of drug-likeness (QED) is 0.716. The second-order valence-electron chi connectivity index (χ2n) is 5.12. The molecule has 23 heavy (non-hydrogen) atoms. The minimum absolute atomic E-state index is 0.142. The van der Waals surface area contributed by atoms with E-state index in [2.05, 4.69) is 10.3 Å². The molecule has 0 aliphatic heterocycles. The van der Waals surface area contributed by atoms with Crippen molar-refractivity contribution in [3.05, 3.63) is 40.9 Å². The highest BCUT2D eigenvalue weighted by molar-refractivity contribution is 7.13. The van der Waals surface area contributed by atoms with Crippen molar-refractivity contribution in [1.82, 2.24) is 10.3 Å². The van der Waals surface area contributed by atoms with Gasteiger partial charge in [-0.15, -0.1) is 11.3 Å². The summed E-state index contributed by atoms with van der Waals surface area (Å²) >= 11 is 1.48. The summed E-state index contributed by atoms with van der Waals surface area (Å²) in [6.07, 6.45) is 0.768. The number of rotatable bonds is 9. The molecule has 0 saturated heterocycles. The first-order valence-corrected chi connectivity index (χ1v) is 8.46. The number of hydrogen-bond acceptors (Lipinski definition) is 5. The SMILES string of the molecule is COCCOCCCNC(=O)c1csc(-c2ccc(C)cc2)n1. The molecular weight excluding hydrogens is 312 g/mol. The third-order valence-electron chi connectivity index (χ3n) is 3.22. The molecule has 0 spiro atoms. The molecule has 124 valence electrons. The van der Waals surface area contributed by atoms with Crippen LogP contribution >= 0.6 is 11.3 Å². The number of amides is 1. The highest BCUT2D eigenvalue weighted by Crippen LogP contribution is 2.23. The lowest BCUT2D eigenvalue weighted by atomic mass is 10.2. The molecule has 0 atom stereocenters. The number of aryl methyl sites for hydroxylation is 1. The predicted molar refractivity (Wildman–Crippen MR) is 91.9 cm³/mol. The predicted octanol–water partition coefficient (Wildman–Crippen LogP) is 2.90. The molecule has 1 aromatic carbocycles. The zero-order valence-electron chi connectivity index (χ0n) is 13.5. The minimum Gasteiger partial charge on any atom is -0.382 e. The van der Waals surface area contributed by atoms with E-state index in [4.69, 9.17) is 9.47 Å². The van der Waals surface area contributed by atoms with Gasteiger partial charge in [0, 0.05) is 31.2 Å². The van der Waals surface area contributed by atoms with Gasteiger partial charge in [-0.2, -0.15) is 0 Å². The van der Waals surface area contributed by atoms with E-state index in [0.29, 0.717) is 32.1 Å². The molecule has 1 heterocycles. The van der Waals surface area contributed by atoms with E-state index in [-0.39, 0.29) is 5.91 Å². The van der Waals surface area contributed by atoms with E-state index in [1.165, 1.54) is 16.9 Å². The standard InChI is InChI=1S/C17H22N2O3S/c1-13-4-6-14(7-5-13)17-19-15(12-23-17)16(20)18-8-3-9-22-11-10-21-2/h4-7,12H,3,8-11H2,1-2H3,(H,18,20). The number of aromatic nitrogens is 1. The van der Waals surface area contributed by atoms with Gasteiger partial charge < -0.3 is 14.8 Å². The van der Waals surface area contributed by atoms with E-state index in [9.17, 15) is 4.79 Å². The summed E-state index contributed by atoms with van der Waals surface area (Å²) in [5.41, 5.74) is 2.70. The Morgan fingerprint density at radius 1 is 1.22 bits per heavy atom. The molecule has 0 saturated carbocycles. The van der Waals surface area contributed by atoms with Crippen LogP contribution in [0.1, 0.15) is 22.5 Å². The fourth-order valence-corrected chi connectivity index (χ4v) is 2.72. The van der Waals surface area contributed by atoms with Gasteiger partial charge in [-0.05, 0) is 13.3 Å². The van der Waals surface area contributed by atoms with Crippen LogP contribution in [0.15, 0.2) is 29.6 Å². The fraction of sp³-hybridized carbons (Fsp3) is 0.412. The van der Waals surface area contributed by atoms with Crippen molar-refractivity contribution < 1.29 is 14.3 Å². The van der Waals surface area contributed by atoms with Gasteiger partial charge in [0.15, 0.2) is 0 Å². The molecule has 5 nitrogen and oxygen atoms in total. The van der Waals surface area contributed by atoms with Gasteiger partial charge >= 0.3 is 0 Å². The third-order valence-corrected chi connectivity index (χ3v) is 4.11. The monoisotopic (exact) mass is 334 g/mol. The summed E-state index contributed by atoms with van der Waals surface area (Å²) in [5.74, 6) is -0.142. The van der Waals surface area contributed by atoms with Crippen molar-refractivity contribution in [3.63, 3.8) is 0 Å². The molecule has 0 bridgehead atoms. The number of ether oxygens (including phenoxy) is 2. The summed E-state index contributed by atoms with van der Waals surface area (Å²) < 4.78 is 10.2. The van der Waals surface area contributed by atoms with E-state index in [0.717, 1.165) is 17.0 Å². The van der Waals surface area contributed by atoms with Crippen molar-refractivity contribution in [1.29, 1.82) is 0 Å². The first kappa shape index (κ1) is 17.6. The maximum Gasteiger partial charge on any atom is 0.270 e. The first-order chi connectivity index (χ1) is 11.2. The minimum atomic E-state index is -0.142. The molecule has 1 aromatic heterocycles. The van der Waals surface area contributed by atoms with E-state index in [1.54, 1.807) is 12.5 Å². The maximum absolute atomic E-state index is 12.1. The number of nitrogens with one attached hydrogen (secondary N) is 1. The van der Waals surface area contributed by atoms with Crippen LogP contribution in [0.2, 0.25) is 0 Å². The lowest BCUT2D eigenvalue weighted by Crippen LogP contribution is -2.25. The Morgan fingerprint density at radius 2 is 2.00 bits per heavy atom. The van der Waals surface area contributed by atoms with Crippen molar-refractivity contribution in [2.45, 2.75) is 13.3 Å². The summed E-state index contributed by atoms with van der Waals surface area (Å²) in [7, 11) is 1.64. The highest BCUT2D eigenvalue weighted by atomic mass is 32.1. The van der Waals surface area contributed by atoms with Crippen molar-refractivity contribution in [2.75, 3.05) is 33.5 Å². The third kappa shape index (κ3) is 5.74. The van der Waals surface area contributed by atoms with Crippen LogP contribution in [0, 0.1) is 6.92 Å². The summed E-state index contributed by atoms with van der Waals surface area (Å²) in [6.45, 7) is 4.39. The fourth-order valence-electron chi connectivity index (χ4n) is 1.92. The zero-order valence-corrected chi connectivity index (χ0v) is 14.3. The van der Waals surface area contributed by atoms with Crippen molar-refractivity contribution in [2.24, 2.45) is 0 Å². The molecule has 1 amide bonds. The number of benzene rings is 1.